The molecule has 128 valence electrons. The Balaban J connectivity index is 1.96. The molecule has 2 aromatic rings. The topological polar surface area (TPSA) is 44.8 Å². The average molecular weight is 401 g/mol. The average Bonchev–Trinajstić information content (AvgIpc) is 2.98. The Morgan fingerprint density at radius 2 is 1.96 bits per heavy atom. The van der Waals surface area contributed by atoms with Crippen LogP contribution in [0.1, 0.15) is 18.1 Å². The lowest BCUT2D eigenvalue weighted by molar-refractivity contribution is -0.130. The molecule has 0 spiro atoms. The van der Waals surface area contributed by atoms with Crippen LogP contribution in [0.5, 0.6) is 11.5 Å². The van der Waals surface area contributed by atoms with E-state index >= 15 is 0 Å². The van der Waals surface area contributed by atoms with Crippen LogP contribution in [0, 0.1) is 0 Å². The predicted octanol–water partition coefficient (Wildman–Crippen LogP) is 4.84. The molecule has 0 unspecified atom stereocenters. The Morgan fingerprint density at radius 1 is 1.20 bits per heavy atom. The summed E-state index contributed by atoms with van der Waals surface area (Å²) in [5.41, 5.74) is 2.16. The molecule has 0 saturated carbocycles. The number of methoxy groups -OCH3 is 1. The Kier molecular flexibility index (Phi) is 5.24. The SMILES string of the molecule is CCOc1c(Br)cc(C=C2C=C(c3ccccc3)OC2=O)cc1OC. The number of hydrogen-bond acceptors (Lipinski definition) is 4. The molecule has 25 heavy (non-hydrogen) atoms. The highest BCUT2D eigenvalue weighted by Crippen LogP contribution is 2.38. The summed E-state index contributed by atoms with van der Waals surface area (Å²) in [4.78, 5) is 12.2. The van der Waals surface area contributed by atoms with Gasteiger partial charge < -0.3 is 14.2 Å². The fraction of sp³-hybridized carbons (Fsp3) is 0.150. The van der Waals surface area contributed by atoms with Crippen LogP contribution in [0.4, 0.5) is 0 Å². The minimum atomic E-state index is -0.372. The van der Waals surface area contributed by atoms with Crippen molar-refractivity contribution in [3.05, 3.63) is 69.7 Å². The number of esters is 1. The van der Waals surface area contributed by atoms with Crippen LogP contribution >= 0.6 is 15.9 Å². The quantitative estimate of drug-likeness (QED) is 0.532. The first-order valence-corrected chi connectivity index (χ1v) is 8.63. The molecule has 3 rings (SSSR count). The van der Waals surface area contributed by atoms with Gasteiger partial charge in [0, 0.05) is 5.56 Å². The largest absolute Gasteiger partial charge is 0.493 e. The molecule has 0 aliphatic carbocycles. The normalized spacial score (nSPS) is 15.1. The molecular weight excluding hydrogens is 384 g/mol. The van der Waals surface area contributed by atoms with Gasteiger partial charge in [-0.15, -0.1) is 0 Å². The zero-order chi connectivity index (χ0) is 17.8. The first-order valence-electron chi connectivity index (χ1n) is 7.83. The van der Waals surface area contributed by atoms with Crippen LogP contribution in [0.25, 0.3) is 11.8 Å². The molecule has 0 N–H and O–H groups in total. The van der Waals surface area contributed by atoms with Gasteiger partial charge in [-0.25, -0.2) is 4.79 Å². The highest BCUT2D eigenvalue weighted by molar-refractivity contribution is 9.10. The van der Waals surface area contributed by atoms with Crippen LogP contribution in [0.3, 0.4) is 0 Å². The van der Waals surface area contributed by atoms with E-state index in [1.165, 1.54) is 0 Å². The summed E-state index contributed by atoms with van der Waals surface area (Å²) in [7, 11) is 1.58. The molecule has 1 aliphatic rings. The minimum absolute atomic E-state index is 0.372. The lowest BCUT2D eigenvalue weighted by Gasteiger charge is -2.12. The second-order valence-electron chi connectivity index (χ2n) is 5.33. The number of halogens is 1. The van der Waals surface area contributed by atoms with Gasteiger partial charge in [-0.2, -0.15) is 0 Å². The van der Waals surface area contributed by atoms with Gasteiger partial charge in [-0.05, 0) is 52.7 Å². The number of ether oxygens (including phenoxy) is 3. The van der Waals surface area contributed by atoms with Crippen LogP contribution in [-0.4, -0.2) is 19.7 Å². The Labute approximate surface area is 154 Å². The zero-order valence-corrected chi connectivity index (χ0v) is 15.5. The van der Waals surface area contributed by atoms with Gasteiger partial charge in [0.05, 0.1) is 23.8 Å². The van der Waals surface area contributed by atoms with Crippen molar-refractivity contribution < 1.29 is 19.0 Å². The number of carbonyl (C=O) groups excluding carboxylic acids is 1. The summed E-state index contributed by atoms with van der Waals surface area (Å²) in [6, 6.07) is 13.2. The maximum absolute atomic E-state index is 12.2. The maximum atomic E-state index is 12.2. The predicted molar refractivity (Wildman–Crippen MR) is 100 cm³/mol. The number of carbonyl (C=O) groups is 1. The van der Waals surface area contributed by atoms with Crippen molar-refractivity contribution in [2.75, 3.05) is 13.7 Å². The van der Waals surface area contributed by atoms with E-state index in [0.717, 1.165) is 15.6 Å². The number of cyclic esters (lactones) is 1. The molecule has 2 aromatic carbocycles. The summed E-state index contributed by atoms with van der Waals surface area (Å²) in [5, 5.41) is 0. The smallest absolute Gasteiger partial charge is 0.343 e. The summed E-state index contributed by atoms with van der Waals surface area (Å²) < 4.78 is 17.1. The molecule has 0 atom stereocenters. The van der Waals surface area contributed by atoms with Crippen LogP contribution in [-0.2, 0) is 9.53 Å². The fourth-order valence-corrected chi connectivity index (χ4v) is 3.09. The molecule has 1 aliphatic heterocycles. The van der Waals surface area contributed by atoms with Gasteiger partial charge in [-0.3, -0.25) is 0 Å². The molecule has 0 amide bonds. The lowest BCUT2D eigenvalue weighted by atomic mass is 10.1. The van der Waals surface area contributed by atoms with E-state index in [2.05, 4.69) is 15.9 Å². The van der Waals surface area contributed by atoms with Crippen molar-refractivity contribution in [2.24, 2.45) is 0 Å². The number of rotatable bonds is 5. The van der Waals surface area contributed by atoms with Crippen molar-refractivity contribution in [3.63, 3.8) is 0 Å². The fourth-order valence-electron chi connectivity index (χ4n) is 2.52. The summed E-state index contributed by atoms with van der Waals surface area (Å²) >= 11 is 3.49. The van der Waals surface area contributed by atoms with E-state index < -0.39 is 0 Å². The highest BCUT2D eigenvalue weighted by Gasteiger charge is 2.22. The third-order valence-electron chi connectivity index (χ3n) is 3.65. The molecular formula is C20H17BrO4. The van der Waals surface area contributed by atoms with Gasteiger partial charge in [-0.1, -0.05) is 30.3 Å². The van der Waals surface area contributed by atoms with Crippen molar-refractivity contribution in [1.29, 1.82) is 0 Å². The number of benzene rings is 2. The summed E-state index contributed by atoms with van der Waals surface area (Å²) in [6.07, 6.45) is 3.51. The first kappa shape index (κ1) is 17.3. The Bertz CT molecular complexity index is 853. The van der Waals surface area contributed by atoms with Gasteiger partial charge >= 0.3 is 5.97 Å². The highest BCUT2D eigenvalue weighted by atomic mass is 79.9. The van der Waals surface area contributed by atoms with E-state index in [-0.39, 0.29) is 5.97 Å². The number of hydrogen-bond donors (Lipinski definition) is 0. The van der Waals surface area contributed by atoms with Crippen molar-refractivity contribution in [1.82, 2.24) is 0 Å². The Hall–Kier alpha value is -2.53. The van der Waals surface area contributed by atoms with Gasteiger partial charge in [0.1, 0.15) is 5.76 Å². The first-order chi connectivity index (χ1) is 12.1. The van der Waals surface area contributed by atoms with Crippen molar-refractivity contribution >= 4 is 33.7 Å². The van der Waals surface area contributed by atoms with E-state index in [1.807, 2.05) is 49.4 Å². The second kappa shape index (κ2) is 7.57. The molecule has 4 nitrogen and oxygen atoms in total. The van der Waals surface area contributed by atoms with E-state index in [1.54, 1.807) is 19.3 Å². The summed E-state index contributed by atoms with van der Waals surface area (Å²) in [5.74, 6) is 1.42. The van der Waals surface area contributed by atoms with Crippen LogP contribution in [0.15, 0.2) is 58.6 Å². The molecule has 0 saturated heterocycles. The van der Waals surface area contributed by atoms with Gasteiger partial charge in [0.2, 0.25) is 0 Å². The minimum Gasteiger partial charge on any atom is -0.493 e. The van der Waals surface area contributed by atoms with E-state index in [9.17, 15) is 4.79 Å². The molecule has 1 heterocycles. The van der Waals surface area contributed by atoms with Gasteiger partial charge in [0.25, 0.3) is 0 Å². The third-order valence-corrected chi connectivity index (χ3v) is 4.23. The molecule has 0 bridgehead atoms. The van der Waals surface area contributed by atoms with Crippen LogP contribution < -0.4 is 9.47 Å². The molecule has 0 radical (unpaired) electrons. The maximum Gasteiger partial charge on any atom is 0.343 e. The Morgan fingerprint density at radius 3 is 2.64 bits per heavy atom. The monoisotopic (exact) mass is 400 g/mol. The second-order valence-corrected chi connectivity index (χ2v) is 6.19. The van der Waals surface area contributed by atoms with Crippen LogP contribution in [0.2, 0.25) is 0 Å². The zero-order valence-electron chi connectivity index (χ0n) is 13.9. The molecule has 0 fully saturated rings. The third kappa shape index (κ3) is 3.77. The molecule has 0 aromatic heterocycles. The van der Waals surface area contributed by atoms with Crippen molar-refractivity contribution in [3.8, 4) is 11.5 Å². The summed E-state index contributed by atoms with van der Waals surface area (Å²) in [6.45, 7) is 2.44. The van der Waals surface area contributed by atoms with E-state index in [4.69, 9.17) is 14.2 Å². The standard InChI is InChI=1S/C20H17BrO4/c1-3-24-19-16(21)10-13(11-18(19)23-2)9-15-12-17(25-20(15)22)14-7-5-4-6-8-14/h4-12H,3H2,1-2H3. The van der Waals surface area contributed by atoms with Gasteiger partial charge in [0.15, 0.2) is 11.5 Å². The van der Waals surface area contributed by atoms with E-state index in [0.29, 0.717) is 29.4 Å². The van der Waals surface area contributed by atoms with Crippen molar-refractivity contribution in [2.45, 2.75) is 6.92 Å². The molecule has 5 heteroatoms. The lowest BCUT2D eigenvalue weighted by Crippen LogP contribution is -1.98.